The maximum absolute atomic E-state index is 12.1. The van der Waals surface area contributed by atoms with Gasteiger partial charge in [0.15, 0.2) is 0 Å². The van der Waals surface area contributed by atoms with Crippen LogP contribution in [0.3, 0.4) is 0 Å². The number of hydrogen-bond donors (Lipinski definition) is 2. The number of nitrogens with one attached hydrogen (secondary N) is 2. The van der Waals surface area contributed by atoms with Gasteiger partial charge in [-0.05, 0) is 40.3 Å². The van der Waals surface area contributed by atoms with E-state index in [1.807, 2.05) is 36.4 Å². The summed E-state index contributed by atoms with van der Waals surface area (Å²) in [5.41, 5.74) is 5.61. The van der Waals surface area contributed by atoms with Crippen molar-refractivity contribution < 1.29 is 9.53 Å². The lowest BCUT2D eigenvalue weighted by Gasteiger charge is -2.14. The van der Waals surface area contributed by atoms with Gasteiger partial charge in [-0.15, -0.1) is 0 Å². The van der Waals surface area contributed by atoms with E-state index in [9.17, 15) is 9.59 Å². The number of pyridine rings is 1. The van der Waals surface area contributed by atoms with Crippen LogP contribution < -0.4 is 10.9 Å². The van der Waals surface area contributed by atoms with Crippen LogP contribution in [0.4, 0.5) is 4.79 Å². The molecular weight excluding hydrogens is 364 g/mol. The first-order chi connectivity index (χ1) is 14.2. The summed E-state index contributed by atoms with van der Waals surface area (Å²) in [7, 11) is 0. The molecule has 2 N–H and O–H groups in total. The molecular formula is C24H22N2O3. The van der Waals surface area contributed by atoms with Crippen LogP contribution in [-0.2, 0) is 4.74 Å². The molecule has 1 aromatic heterocycles. The van der Waals surface area contributed by atoms with E-state index >= 15 is 0 Å². The van der Waals surface area contributed by atoms with E-state index in [1.165, 1.54) is 28.3 Å². The summed E-state index contributed by atoms with van der Waals surface area (Å²) in [4.78, 5) is 25.7. The van der Waals surface area contributed by atoms with Crippen molar-refractivity contribution in [3.8, 4) is 11.1 Å². The lowest BCUT2D eigenvalue weighted by atomic mass is 9.98. The third-order valence-electron chi connectivity index (χ3n) is 5.04. The fourth-order valence-electron chi connectivity index (χ4n) is 3.65. The fraction of sp³-hybridized carbons (Fsp3) is 0.167. The molecule has 0 aliphatic heterocycles. The third kappa shape index (κ3) is 4.29. The smallest absolute Gasteiger partial charge is 0.407 e. The highest BCUT2D eigenvalue weighted by Crippen LogP contribution is 2.44. The van der Waals surface area contributed by atoms with Gasteiger partial charge in [0.1, 0.15) is 6.61 Å². The molecule has 3 aromatic rings. The Labute approximate surface area is 169 Å². The molecule has 2 aromatic carbocycles. The topological polar surface area (TPSA) is 71.2 Å². The van der Waals surface area contributed by atoms with Gasteiger partial charge in [0.2, 0.25) is 5.56 Å². The maximum atomic E-state index is 12.1. The first-order valence-corrected chi connectivity index (χ1v) is 9.66. The summed E-state index contributed by atoms with van der Waals surface area (Å²) < 4.78 is 5.50. The SMILES string of the molecule is O=C(NCCC=Cc1ccc(=O)[nH]c1)OCC1c2ccccc2-c2ccccc21. The summed E-state index contributed by atoms with van der Waals surface area (Å²) in [6, 6.07) is 19.8. The number of carbonyl (C=O) groups excluding carboxylic acids is 1. The van der Waals surface area contributed by atoms with Gasteiger partial charge >= 0.3 is 6.09 Å². The fourth-order valence-corrected chi connectivity index (χ4v) is 3.65. The number of amides is 1. The van der Waals surface area contributed by atoms with Crippen molar-refractivity contribution >= 4 is 12.2 Å². The van der Waals surface area contributed by atoms with Crippen LogP contribution in [0.2, 0.25) is 0 Å². The standard InChI is InChI=1S/C24H22N2O3/c27-23-13-12-17(15-26-23)7-5-6-14-25-24(28)29-16-22-20-10-3-1-8-18(20)19-9-2-4-11-21(19)22/h1-5,7-13,15,22H,6,14,16H2,(H,25,28)(H,26,27). The van der Waals surface area contributed by atoms with Crippen LogP contribution in [0.25, 0.3) is 17.2 Å². The highest BCUT2D eigenvalue weighted by Gasteiger charge is 2.28. The molecule has 4 rings (SSSR count). The Balaban J connectivity index is 1.28. The molecule has 5 heteroatoms. The monoisotopic (exact) mass is 386 g/mol. The second-order valence-electron chi connectivity index (χ2n) is 6.93. The van der Waals surface area contributed by atoms with Crippen molar-refractivity contribution in [1.82, 2.24) is 10.3 Å². The normalized spacial score (nSPS) is 12.6. The Morgan fingerprint density at radius 1 is 1.00 bits per heavy atom. The average Bonchev–Trinajstić information content (AvgIpc) is 3.07. The van der Waals surface area contributed by atoms with Gasteiger partial charge in [-0.1, -0.05) is 60.7 Å². The summed E-state index contributed by atoms with van der Waals surface area (Å²) >= 11 is 0. The van der Waals surface area contributed by atoms with Crippen LogP contribution in [0.5, 0.6) is 0 Å². The molecule has 1 heterocycles. The van der Waals surface area contributed by atoms with Crippen LogP contribution >= 0.6 is 0 Å². The molecule has 0 spiro atoms. The molecule has 0 bridgehead atoms. The number of ether oxygens (including phenoxy) is 1. The molecule has 1 aliphatic carbocycles. The minimum Gasteiger partial charge on any atom is -0.449 e. The average molecular weight is 386 g/mol. The number of fused-ring (bicyclic) bond motifs is 3. The molecule has 1 amide bonds. The minimum atomic E-state index is -0.413. The summed E-state index contributed by atoms with van der Waals surface area (Å²) in [5, 5.41) is 2.78. The number of H-pyrrole nitrogens is 1. The van der Waals surface area contributed by atoms with E-state index < -0.39 is 6.09 Å². The van der Waals surface area contributed by atoms with Gasteiger partial charge in [-0.2, -0.15) is 0 Å². The van der Waals surface area contributed by atoms with Crippen LogP contribution in [0, 0.1) is 0 Å². The molecule has 5 nitrogen and oxygen atoms in total. The number of hydrogen-bond acceptors (Lipinski definition) is 3. The highest BCUT2D eigenvalue weighted by atomic mass is 16.5. The molecule has 0 fully saturated rings. The molecule has 0 unspecified atom stereocenters. The lowest BCUT2D eigenvalue weighted by Crippen LogP contribution is -2.26. The number of alkyl carbamates (subject to hydrolysis) is 1. The quantitative estimate of drug-likeness (QED) is 0.620. The molecule has 29 heavy (non-hydrogen) atoms. The van der Waals surface area contributed by atoms with Crippen molar-refractivity contribution in [2.45, 2.75) is 12.3 Å². The summed E-state index contributed by atoms with van der Waals surface area (Å²) in [6.45, 7) is 0.795. The zero-order valence-electron chi connectivity index (χ0n) is 15.9. The maximum Gasteiger partial charge on any atom is 0.407 e. The van der Waals surface area contributed by atoms with E-state index in [1.54, 1.807) is 12.3 Å². The lowest BCUT2D eigenvalue weighted by molar-refractivity contribution is 0.143. The molecule has 0 radical (unpaired) electrons. The minimum absolute atomic E-state index is 0.0632. The number of benzene rings is 2. The Morgan fingerprint density at radius 3 is 2.34 bits per heavy atom. The Hall–Kier alpha value is -3.60. The van der Waals surface area contributed by atoms with Gasteiger partial charge < -0.3 is 15.0 Å². The highest BCUT2D eigenvalue weighted by molar-refractivity contribution is 5.79. The van der Waals surface area contributed by atoms with Crippen LogP contribution in [0.1, 0.15) is 29.0 Å². The van der Waals surface area contributed by atoms with E-state index in [0.717, 1.165) is 5.56 Å². The predicted molar refractivity (Wildman–Crippen MR) is 114 cm³/mol. The number of aromatic nitrogens is 1. The van der Waals surface area contributed by atoms with E-state index in [2.05, 4.69) is 34.6 Å². The van der Waals surface area contributed by atoms with Gasteiger partial charge in [-0.3, -0.25) is 4.79 Å². The number of rotatable bonds is 6. The Bertz CT molecular complexity index is 1040. The zero-order chi connectivity index (χ0) is 20.1. The second kappa shape index (κ2) is 8.61. The van der Waals surface area contributed by atoms with E-state index in [4.69, 9.17) is 4.74 Å². The predicted octanol–water partition coefficient (Wildman–Crippen LogP) is 4.32. The summed E-state index contributed by atoms with van der Waals surface area (Å²) in [5.74, 6) is 0.0632. The molecule has 146 valence electrons. The largest absolute Gasteiger partial charge is 0.449 e. The zero-order valence-corrected chi connectivity index (χ0v) is 15.9. The van der Waals surface area contributed by atoms with Crippen molar-refractivity contribution in [3.05, 3.63) is 100.0 Å². The van der Waals surface area contributed by atoms with Crippen LogP contribution in [0.15, 0.2) is 77.7 Å². The van der Waals surface area contributed by atoms with Gasteiger partial charge in [0.25, 0.3) is 0 Å². The van der Waals surface area contributed by atoms with Gasteiger partial charge in [0, 0.05) is 24.7 Å². The van der Waals surface area contributed by atoms with E-state index in [-0.39, 0.29) is 11.5 Å². The van der Waals surface area contributed by atoms with Gasteiger partial charge in [-0.25, -0.2) is 4.79 Å². The molecule has 0 saturated carbocycles. The molecule has 0 atom stereocenters. The Kier molecular flexibility index (Phi) is 5.56. The van der Waals surface area contributed by atoms with Crippen molar-refractivity contribution in [2.75, 3.05) is 13.2 Å². The first-order valence-electron chi connectivity index (χ1n) is 9.66. The van der Waals surface area contributed by atoms with Crippen LogP contribution in [-0.4, -0.2) is 24.2 Å². The third-order valence-corrected chi connectivity index (χ3v) is 5.04. The molecule has 0 saturated heterocycles. The van der Waals surface area contributed by atoms with Crippen molar-refractivity contribution in [3.63, 3.8) is 0 Å². The Morgan fingerprint density at radius 2 is 1.69 bits per heavy atom. The molecule has 1 aliphatic rings. The number of carbonyl (C=O) groups is 1. The van der Waals surface area contributed by atoms with E-state index in [0.29, 0.717) is 19.6 Å². The van der Waals surface area contributed by atoms with Crippen molar-refractivity contribution in [2.24, 2.45) is 0 Å². The second-order valence-corrected chi connectivity index (χ2v) is 6.93. The van der Waals surface area contributed by atoms with Gasteiger partial charge in [0.05, 0.1) is 0 Å². The first kappa shape index (κ1) is 18.7. The van der Waals surface area contributed by atoms with Crippen molar-refractivity contribution in [1.29, 1.82) is 0 Å². The number of aromatic amines is 1. The summed E-state index contributed by atoms with van der Waals surface area (Å²) in [6.07, 6.45) is 5.75.